The van der Waals surface area contributed by atoms with Crippen molar-refractivity contribution < 1.29 is 9.84 Å². The van der Waals surface area contributed by atoms with Crippen LogP contribution in [0.2, 0.25) is 0 Å². The van der Waals surface area contributed by atoms with E-state index in [0.717, 1.165) is 23.3 Å². The van der Waals surface area contributed by atoms with E-state index in [9.17, 15) is 5.11 Å². The predicted octanol–water partition coefficient (Wildman–Crippen LogP) is 2.66. The van der Waals surface area contributed by atoms with E-state index in [0.29, 0.717) is 32.6 Å². The summed E-state index contributed by atoms with van der Waals surface area (Å²) < 4.78 is 7.41. The van der Waals surface area contributed by atoms with Gasteiger partial charge < -0.3 is 15.2 Å². The molecule has 25 heavy (non-hydrogen) atoms. The Balaban J connectivity index is 1.40. The van der Waals surface area contributed by atoms with Crippen molar-refractivity contribution >= 4 is 11.0 Å². The maximum Gasteiger partial charge on any atom is 0.100 e. The lowest BCUT2D eigenvalue weighted by molar-refractivity contribution is -0.0617. The van der Waals surface area contributed by atoms with Crippen molar-refractivity contribution in [2.24, 2.45) is 0 Å². The van der Waals surface area contributed by atoms with Crippen LogP contribution in [0.15, 0.2) is 54.9 Å². The number of nitrogens with one attached hydrogen (secondary N) is 1. The topological polar surface area (TPSA) is 59.3 Å². The fourth-order valence-electron chi connectivity index (χ4n) is 3.31. The minimum Gasteiger partial charge on any atom is -0.388 e. The third-order valence-electron chi connectivity index (χ3n) is 4.87. The van der Waals surface area contributed by atoms with Gasteiger partial charge in [0.1, 0.15) is 6.33 Å². The molecule has 0 aliphatic carbocycles. The summed E-state index contributed by atoms with van der Waals surface area (Å²) >= 11 is 0. The highest BCUT2D eigenvalue weighted by Gasteiger charge is 2.28. The number of aliphatic hydroxyl groups is 1. The monoisotopic (exact) mass is 337 g/mol. The standard InChI is InChI=1S/C20H23N3O2/c24-20(9-11-25-12-10-20)14-21-13-16-5-7-17(8-6-16)23-15-22-18-3-1-2-4-19(18)23/h1-8,15,21,24H,9-14H2. The molecule has 130 valence electrons. The first-order valence-corrected chi connectivity index (χ1v) is 8.76. The maximum absolute atomic E-state index is 10.5. The molecule has 0 atom stereocenters. The molecule has 5 nitrogen and oxygen atoms in total. The van der Waals surface area contributed by atoms with Crippen molar-refractivity contribution in [1.82, 2.24) is 14.9 Å². The van der Waals surface area contributed by atoms with Crippen LogP contribution in [-0.2, 0) is 11.3 Å². The molecule has 1 aliphatic rings. The normalized spacial score (nSPS) is 17.0. The zero-order valence-electron chi connectivity index (χ0n) is 14.2. The Morgan fingerprint density at radius 1 is 1.08 bits per heavy atom. The summed E-state index contributed by atoms with van der Waals surface area (Å²) in [5.74, 6) is 0. The van der Waals surface area contributed by atoms with Crippen LogP contribution >= 0.6 is 0 Å². The number of rotatable bonds is 5. The van der Waals surface area contributed by atoms with E-state index in [4.69, 9.17) is 4.74 Å². The number of fused-ring (bicyclic) bond motifs is 1. The molecule has 0 radical (unpaired) electrons. The highest BCUT2D eigenvalue weighted by atomic mass is 16.5. The third kappa shape index (κ3) is 3.58. The Morgan fingerprint density at radius 2 is 1.84 bits per heavy atom. The second-order valence-electron chi connectivity index (χ2n) is 6.71. The van der Waals surface area contributed by atoms with Gasteiger partial charge in [0.2, 0.25) is 0 Å². The van der Waals surface area contributed by atoms with Crippen LogP contribution in [0.4, 0.5) is 0 Å². The van der Waals surface area contributed by atoms with Crippen LogP contribution in [0.1, 0.15) is 18.4 Å². The van der Waals surface area contributed by atoms with Gasteiger partial charge >= 0.3 is 0 Å². The van der Waals surface area contributed by atoms with Gasteiger partial charge in [-0.2, -0.15) is 0 Å². The molecular weight excluding hydrogens is 314 g/mol. The molecule has 4 rings (SSSR count). The number of hydrogen-bond acceptors (Lipinski definition) is 4. The SMILES string of the molecule is OC1(CNCc2ccc(-n3cnc4ccccc43)cc2)CCOCC1. The van der Waals surface area contributed by atoms with E-state index >= 15 is 0 Å². The maximum atomic E-state index is 10.5. The molecule has 0 spiro atoms. The predicted molar refractivity (Wildman–Crippen MR) is 97.8 cm³/mol. The molecule has 1 aromatic heterocycles. The minimum absolute atomic E-state index is 0.601. The summed E-state index contributed by atoms with van der Waals surface area (Å²) in [4.78, 5) is 4.44. The number of imidazole rings is 1. The lowest BCUT2D eigenvalue weighted by Crippen LogP contribution is -2.44. The molecule has 0 amide bonds. The lowest BCUT2D eigenvalue weighted by atomic mass is 9.94. The summed E-state index contributed by atoms with van der Waals surface area (Å²) in [6, 6.07) is 16.6. The summed E-state index contributed by atoms with van der Waals surface area (Å²) in [6.07, 6.45) is 3.26. The van der Waals surface area contributed by atoms with Crippen molar-refractivity contribution in [2.45, 2.75) is 25.0 Å². The number of benzene rings is 2. The summed E-state index contributed by atoms with van der Waals surface area (Å²) in [5, 5.41) is 13.8. The van der Waals surface area contributed by atoms with Gasteiger partial charge in [-0.15, -0.1) is 0 Å². The van der Waals surface area contributed by atoms with Gasteiger partial charge in [0, 0.05) is 44.8 Å². The smallest absolute Gasteiger partial charge is 0.100 e. The van der Waals surface area contributed by atoms with Crippen molar-refractivity contribution in [2.75, 3.05) is 19.8 Å². The molecule has 2 heterocycles. The zero-order valence-corrected chi connectivity index (χ0v) is 14.2. The first-order valence-electron chi connectivity index (χ1n) is 8.76. The molecule has 5 heteroatoms. The molecule has 0 saturated carbocycles. The molecule has 3 aromatic rings. The Bertz CT molecular complexity index is 836. The largest absolute Gasteiger partial charge is 0.388 e. The second-order valence-corrected chi connectivity index (χ2v) is 6.71. The van der Waals surface area contributed by atoms with Gasteiger partial charge in [-0.25, -0.2) is 4.98 Å². The van der Waals surface area contributed by atoms with Crippen molar-refractivity contribution in [1.29, 1.82) is 0 Å². The Kier molecular flexibility index (Phi) is 4.53. The van der Waals surface area contributed by atoms with Crippen molar-refractivity contribution in [3.05, 3.63) is 60.4 Å². The summed E-state index contributed by atoms with van der Waals surface area (Å²) in [7, 11) is 0. The summed E-state index contributed by atoms with van der Waals surface area (Å²) in [6.45, 7) is 2.63. The Morgan fingerprint density at radius 3 is 2.64 bits per heavy atom. The molecule has 1 fully saturated rings. The summed E-state index contributed by atoms with van der Waals surface area (Å²) in [5.41, 5.74) is 3.77. The van der Waals surface area contributed by atoms with Gasteiger partial charge in [-0.3, -0.25) is 4.57 Å². The third-order valence-corrected chi connectivity index (χ3v) is 4.87. The van der Waals surface area contributed by atoms with E-state index in [1.165, 1.54) is 5.56 Å². The van der Waals surface area contributed by atoms with Crippen LogP contribution in [-0.4, -0.2) is 40.0 Å². The first kappa shape index (κ1) is 16.3. The minimum atomic E-state index is -0.631. The van der Waals surface area contributed by atoms with E-state index in [1.54, 1.807) is 0 Å². The van der Waals surface area contributed by atoms with Gasteiger partial charge in [0.15, 0.2) is 0 Å². The van der Waals surface area contributed by atoms with E-state index < -0.39 is 5.60 Å². The molecular formula is C20H23N3O2. The van der Waals surface area contributed by atoms with Gasteiger partial charge in [-0.1, -0.05) is 24.3 Å². The van der Waals surface area contributed by atoms with Gasteiger partial charge in [-0.05, 0) is 29.8 Å². The molecule has 2 aromatic carbocycles. The number of hydrogen-bond donors (Lipinski definition) is 2. The Labute approximate surface area is 147 Å². The fraction of sp³-hybridized carbons (Fsp3) is 0.350. The fourth-order valence-corrected chi connectivity index (χ4v) is 3.31. The zero-order chi connectivity index (χ0) is 17.1. The number of ether oxygens (including phenoxy) is 1. The van der Waals surface area contributed by atoms with Crippen LogP contribution in [0, 0.1) is 0 Å². The molecule has 0 unspecified atom stereocenters. The number of aromatic nitrogens is 2. The number of nitrogens with zero attached hydrogens (tertiary/aromatic N) is 2. The second kappa shape index (κ2) is 6.96. The quantitative estimate of drug-likeness (QED) is 0.751. The van der Waals surface area contributed by atoms with E-state index in [1.807, 2.05) is 24.5 Å². The van der Waals surface area contributed by atoms with Crippen molar-refractivity contribution in [3.8, 4) is 5.69 Å². The van der Waals surface area contributed by atoms with E-state index in [-0.39, 0.29) is 0 Å². The lowest BCUT2D eigenvalue weighted by Gasteiger charge is -2.32. The van der Waals surface area contributed by atoms with Crippen LogP contribution in [0.3, 0.4) is 0 Å². The van der Waals surface area contributed by atoms with Crippen LogP contribution < -0.4 is 5.32 Å². The van der Waals surface area contributed by atoms with Gasteiger partial charge in [0.05, 0.1) is 16.6 Å². The molecule has 2 N–H and O–H groups in total. The molecule has 1 aliphatic heterocycles. The van der Waals surface area contributed by atoms with Crippen LogP contribution in [0.5, 0.6) is 0 Å². The highest BCUT2D eigenvalue weighted by Crippen LogP contribution is 2.20. The highest BCUT2D eigenvalue weighted by molar-refractivity contribution is 5.77. The van der Waals surface area contributed by atoms with E-state index in [2.05, 4.69) is 45.2 Å². The van der Waals surface area contributed by atoms with Crippen molar-refractivity contribution in [3.63, 3.8) is 0 Å². The number of para-hydroxylation sites is 2. The van der Waals surface area contributed by atoms with Gasteiger partial charge in [0.25, 0.3) is 0 Å². The average molecular weight is 337 g/mol. The average Bonchev–Trinajstić information content (AvgIpc) is 3.07. The molecule has 0 bridgehead atoms. The van der Waals surface area contributed by atoms with Crippen LogP contribution in [0.25, 0.3) is 16.7 Å². The molecule has 1 saturated heterocycles. The Hall–Kier alpha value is -2.21. The first-order chi connectivity index (χ1) is 12.2.